The van der Waals surface area contributed by atoms with Crippen LogP contribution in [-0.4, -0.2) is 45.3 Å². The third-order valence-corrected chi connectivity index (χ3v) is 3.23. The second-order valence-electron chi connectivity index (χ2n) is 3.95. The summed E-state index contributed by atoms with van der Waals surface area (Å²) in [7, 11) is 4.92. The van der Waals surface area contributed by atoms with Crippen LogP contribution >= 0.6 is 15.9 Å². The lowest BCUT2D eigenvalue weighted by molar-refractivity contribution is -0.147. The summed E-state index contributed by atoms with van der Waals surface area (Å²) in [6.07, 6.45) is 0. The zero-order chi connectivity index (χ0) is 13.5. The number of methoxy groups -OCH3 is 2. The molecule has 0 aliphatic carbocycles. The highest BCUT2D eigenvalue weighted by Crippen LogP contribution is 2.22. The summed E-state index contributed by atoms with van der Waals surface area (Å²) in [5, 5.41) is 0. The van der Waals surface area contributed by atoms with E-state index in [9.17, 15) is 4.79 Å². The molecular formula is C13H18BrNO3. The minimum absolute atomic E-state index is 0.268. The summed E-state index contributed by atoms with van der Waals surface area (Å²) >= 11 is 3.38. The first kappa shape index (κ1) is 15.1. The fraction of sp³-hybridized carbons (Fsp3) is 0.462. The van der Waals surface area contributed by atoms with Crippen LogP contribution < -0.4 is 0 Å². The normalized spacial score (nSPS) is 12.5. The lowest BCUT2D eigenvalue weighted by Gasteiger charge is -2.25. The smallest absolute Gasteiger partial charge is 0.327 e. The molecule has 0 amide bonds. The summed E-state index contributed by atoms with van der Waals surface area (Å²) in [5.74, 6) is -0.268. The van der Waals surface area contributed by atoms with Crippen LogP contribution in [0, 0.1) is 0 Å². The number of carbonyl (C=O) groups excluding carboxylic acids is 1. The molecule has 0 bridgehead atoms. The van der Waals surface area contributed by atoms with Crippen molar-refractivity contribution in [1.29, 1.82) is 0 Å². The molecule has 0 aromatic heterocycles. The van der Waals surface area contributed by atoms with Crippen molar-refractivity contribution in [3.8, 4) is 0 Å². The number of nitrogens with zero attached hydrogens (tertiary/aromatic N) is 1. The lowest BCUT2D eigenvalue weighted by Crippen LogP contribution is -2.34. The van der Waals surface area contributed by atoms with Gasteiger partial charge < -0.3 is 9.47 Å². The van der Waals surface area contributed by atoms with Gasteiger partial charge in [-0.15, -0.1) is 0 Å². The number of ether oxygens (including phenoxy) is 2. The molecule has 18 heavy (non-hydrogen) atoms. The fourth-order valence-electron chi connectivity index (χ4n) is 1.69. The van der Waals surface area contributed by atoms with Crippen LogP contribution in [0.5, 0.6) is 0 Å². The summed E-state index contributed by atoms with van der Waals surface area (Å²) in [4.78, 5) is 13.8. The SMILES string of the molecule is COCCN(C)[C@H](C(=O)OC)c1ccc(Br)cc1. The standard InChI is InChI=1S/C13H18BrNO3/c1-15(8-9-17-2)12(13(16)18-3)10-4-6-11(14)7-5-10/h4-7,12H,8-9H2,1-3H3/t12-/m0/s1. The summed E-state index contributed by atoms with van der Waals surface area (Å²) < 4.78 is 10.9. The quantitative estimate of drug-likeness (QED) is 0.755. The Morgan fingerprint density at radius 2 is 1.94 bits per heavy atom. The number of rotatable bonds is 6. The molecule has 0 aliphatic rings. The average Bonchev–Trinajstić information content (AvgIpc) is 2.38. The Morgan fingerprint density at radius 1 is 1.33 bits per heavy atom. The second kappa shape index (κ2) is 7.51. The fourth-order valence-corrected chi connectivity index (χ4v) is 1.96. The molecule has 0 fully saturated rings. The van der Waals surface area contributed by atoms with Gasteiger partial charge in [-0.1, -0.05) is 28.1 Å². The molecule has 100 valence electrons. The zero-order valence-electron chi connectivity index (χ0n) is 10.9. The largest absolute Gasteiger partial charge is 0.468 e. The number of hydrogen-bond acceptors (Lipinski definition) is 4. The van der Waals surface area contributed by atoms with Gasteiger partial charge in [-0.05, 0) is 24.7 Å². The number of halogens is 1. The summed E-state index contributed by atoms with van der Waals surface area (Å²) in [6, 6.07) is 7.24. The maximum atomic E-state index is 11.9. The van der Waals surface area contributed by atoms with Gasteiger partial charge in [-0.2, -0.15) is 0 Å². The van der Waals surface area contributed by atoms with Crippen LogP contribution in [0.1, 0.15) is 11.6 Å². The van der Waals surface area contributed by atoms with Gasteiger partial charge in [-0.25, -0.2) is 4.79 Å². The van der Waals surface area contributed by atoms with Crippen LogP contribution in [0.15, 0.2) is 28.7 Å². The van der Waals surface area contributed by atoms with E-state index < -0.39 is 6.04 Å². The van der Waals surface area contributed by atoms with E-state index in [1.165, 1.54) is 7.11 Å². The first-order chi connectivity index (χ1) is 8.60. The molecule has 0 heterocycles. The number of benzene rings is 1. The lowest BCUT2D eigenvalue weighted by atomic mass is 10.1. The van der Waals surface area contributed by atoms with Gasteiger partial charge in [-0.3, -0.25) is 4.90 Å². The number of esters is 1. The summed E-state index contributed by atoms with van der Waals surface area (Å²) in [5.41, 5.74) is 0.906. The van der Waals surface area contributed by atoms with Crippen molar-refractivity contribution in [2.75, 3.05) is 34.4 Å². The molecular weight excluding hydrogens is 298 g/mol. The minimum Gasteiger partial charge on any atom is -0.468 e. The van der Waals surface area contributed by atoms with Crippen LogP contribution in [-0.2, 0) is 14.3 Å². The molecule has 0 spiro atoms. The van der Waals surface area contributed by atoms with Crippen molar-refractivity contribution < 1.29 is 14.3 Å². The van der Waals surface area contributed by atoms with E-state index in [0.717, 1.165) is 10.0 Å². The molecule has 1 aromatic rings. The van der Waals surface area contributed by atoms with Crippen molar-refractivity contribution >= 4 is 21.9 Å². The van der Waals surface area contributed by atoms with Gasteiger partial charge in [0.1, 0.15) is 6.04 Å². The Bertz CT molecular complexity index is 380. The van der Waals surface area contributed by atoms with E-state index in [1.54, 1.807) is 7.11 Å². The van der Waals surface area contributed by atoms with Gasteiger partial charge in [0.2, 0.25) is 0 Å². The van der Waals surface area contributed by atoms with Crippen molar-refractivity contribution in [1.82, 2.24) is 4.90 Å². The van der Waals surface area contributed by atoms with E-state index in [-0.39, 0.29) is 5.97 Å². The van der Waals surface area contributed by atoms with Gasteiger partial charge in [0.25, 0.3) is 0 Å². The number of likely N-dealkylation sites (N-methyl/N-ethyl adjacent to an activating group) is 1. The van der Waals surface area contributed by atoms with Crippen molar-refractivity contribution in [3.05, 3.63) is 34.3 Å². The zero-order valence-corrected chi connectivity index (χ0v) is 12.4. The molecule has 0 N–H and O–H groups in total. The molecule has 4 nitrogen and oxygen atoms in total. The highest BCUT2D eigenvalue weighted by atomic mass is 79.9. The van der Waals surface area contributed by atoms with Gasteiger partial charge in [0.05, 0.1) is 13.7 Å². The van der Waals surface area contributed by atoms with Crippen molar-refractivity contribution in [2.24, 2.45) is 0 Å². The Morgan fingerprint density at radius 3 is 2.44 bits per heavy atom. The third-order valence-electron chi connectivity index (χ3n) is 2.70. The van der Waals surface area contributed by atoms with Crippen LogP contribution in [0.3, 0.4) is 0 Å². The molecule has 1 rings (SSSR count). The maximum absolute atomic E-state index is 11.9. The van der Waals surface area contributed by atoms with Gasteiger partial charge in [0, 0.05) is 18.1 Å². The molecule has 0 aliphatic heterocycles. The third kappa shape index (κ3) is 4.08. The average molecular weight is 316 g/mol. The predicted molar refractivity (Wildman–Crippen MR) is 73.4 cm³/mol. The Balaban J connectivity index is 2.90. The monoisotopic (exact) mass is 315 g/mol. The minimum atomic E-state index is -0.404. The Kier molecular flexibility index (Phi) is 6.32. The van der Waals surface area contributed by atoms with E-state index in [0.29, 0.717) is 13.2 Å². The Labute approximate surface area is 116 Å². The van der Waals surface area contributed by atoms with E-state index in [1.807, 2.05) is 36.2 Å². The van der Waals surface area contributed by atoms with Crippen LogP contribution in [0.25, 0.3) is 0 Å². The topological polar surface area (TPSA) is 38.8 Å². The van der Waals surface area contributed by atoms with Crippen LogP contribution in [0.4, 0.5) is 0 Å². The first-order valence-corrected chi connectivity index (χ1v) is 6.42. The van der Waals surface area contributed by atoms with Crippen molar-refractivity contribution in [3.63, 3.8) is 0 Å². The highest BCUT2D eigenvalue weighted by molar-refractivity contribution is 9.10. The first-order valence-electron chi connectivity index (χ1n) is 5.62. The van der Waals surface area contributed by atoms with Gasteiger partial charge in [0.15, 0.2) is 0 Å². The molecule has 1 atom stereocenters. The molecule has 0 saturated carbocycles. The van der Waals surface area contributed by atoms with Crippen LogP contribution in [0.2, 0.25) is 0 Å². The van der Waals surface area contributed by atoms with E-state index in [2.05, 4.69) is 15.9 Å². The van der Waals surface area contributed by atoms with E-state index in [4.69, 9.17) is 9.47 Å². The molecule has 0 radical (unpaired) electrons. The molecule has 0 unspecified atom stereocenters. The molecule has 5 heteroatoms. The molecule has 1 aromatic carbocycles. The summed E-state index contributed by atoms with van der Waals surface area (Å²) in [6.45, 7) is 1.23. The highest BCUT2D eigenvalue weighted by Gasteiger charge is 2.25. The van der Waals surface area contributed by atoms with Gasteiger partial charge >= 0.3 is 5.97 Å². The molecule has 0 saturated heterocycles. The second-order valence-corrected chi connectivity index (χ2v) is 4.87. The maximum Gasteiger partial charge on any atom is 0.327 e. The van der Waals surface area contributed by atoms with E-state index >= 15 is 0 Å². The Hall–Kier alpha value is -0.910. The number of hydrogen-bond donors (Lipinski definition) is 0. The predicted octanol–water partition coefficient (Wildman–Crippen LogP) is 2.24. The number of carbonyl (C=O) groups is 1. The van der Waals surface area contributed by atoms with Crippen molar-refractivity contribution in [2.45, 2.75) is 6.04 Å².